The molecule has 1 saturated heterocycles. The van der Waals surface area contributed by atoms with E-state index in [9.17, 15) is 4.79 Å². The van der Waals surface area contributed by atoms with E-state index in [2.05, 4.69) is 24.5 Å². The Balaban J connectivity index is 1.82. The number of nitrogens with one attached hydrogen (secondary N) is 2. The van der Waals surface area contributed by atoms with Crippen molar-refractivity contribution in [1.82, 2.24) is 10.6 Å². The Hall–Kier alpha value is -0.570. The summed E-state index contributed by atoms with van der Waals surface area (Å²) in [5, 5.41) is 6.61. The summed E-state index contributed by atoms with van der Waals surface area (Å²) in [4.78, 5) is 12.4. The summed E-state index contributed by atoms with van der Waals surface area (Å²) in [6.07, 6.45) is 7.04. The summed E-state index contributed by atoms with van der Waals surface area (Å²) in [7, 11) is 0. The zero-order valence-electron chi connectivity index (χ0n) is 11.9. The number of rotatable bonds is 4. The summed E-state index contributed by atoms with van der Waals surface area (Å²) in [6, 6.07) is 0. The van der Waals surface area contributed by atoms with Gasteiger partial charge in [-0.3, -0.25) is 4.79 Å². The summed E-state index contributed by atoms with van der Waals surface area (Å²) in [6.45, 7) is 7.28. The van der Waals surface area contributed by atoms with E-state index < -0.39 is 0 Å². The van der Waals surface area contributed by atoms with Gasteiger partial charge in [-0.1, -0.05) is 20.3 Å². The smallest absolute Gasteiger partial charge is 0.227 e. The number of hydrogen-bond donors (Lipinski definition) is 2. The average molecular weight is 252 g/mol. The first kappa shape index (κ1) is 13.9. The Kier molecular flexibility index (Phi) is 4.66. The lowest BCUT2D eigenvalue weighted by Gasteiger charge is -2.35. The highest BCUT2D eigenvalue weighted by Gasteiger charge is 2.37. The van der Waals surface area contributed by atoms with E-state index in [1.807, 2.05) is 0 Å². The lowest BCUT2D eigenvalue weighted by molar-refractivity contribution is -0.132. The summed E-state index contributed by atoms with van der Waals surface area (Å²) < 4.78 is 0. The van der Waals surface area contributed by atoms with Gasteiger partial charge >= 0.3 is 0 Å². The van der Waals surface area contributed by atoms with Gasteiger partial charge in [-0.15, -0.1) is 0 Å². The number of amides is 1. The van der Waals surface area contributed by atoms with Crippen molar-refractivity contribution in [3.05, 3.63) is 0 Å². The summed E-state index contributed by atoms with van der Waals surface area (Å²) in [5.74, 6) is 1.86. The van der Waals surface area contributed by atoms with E-state index in [1.54, 1.807) is 0 Å². The van der Waals surface area contributed by atoms with Crippen LogP contribution in [0.15, 0.2) is 0 Å². The van der Waals surface area contributed by atoms with Gasteiger partial charge in [-0.05, 0) is 50.5 Å². The normalized spacial score (nSPS) is 36.6. The SMILES string of the molecule is CCC1(C(=O)NCC2CCC(C)C2)CCCNC1. The molecule has 3 atom stereocenters. The van der Waals surface area contributed by atoms with Crippen LogP contribution in [0.4, 0.5) is 0 Å². The molecule has 1 aliphatic heterocycles. The Bertz CT molecular complexity index is 284. The lowest BCUT2D eigenvalue weighted by Crippen LogP contribution is -2.50. The molecule has 2 rings (SSSR count). The number of hydrogen-bond acceptors (Lipinski definition) is 2. The zero-order chi connectivity index (χ0) is 13.0. The van der Waals surface area contributed by atoms with Crippen LogP contribution in [0.5, 0.6) is 0 Å². The fourth-order valence-electron chi connectivity index (χ4n) is 3.56. The topological polar surface area (TPSA) is 41.1 Å². The van der Waals surface area contributed by atoms with Gasteiger partial charge in [0.25, 0.3) is 0 Å². The Morgan fingerprint density at radius 3 is 2.83 bits per heavy atom. The molecule has 1 saturated carbocycles. The fourth-order valence-corrected chi connectivity index (χ4v) is 3.56. The van der Waals surface area contributed by atoms with E-state index in [1.165, 1.54) is 19.3 Å². The van der Waals surface area contributed by atoms with E-state index in [4.69, 9.17) is 0 Å². The summed E-state index contributed by atoms with van der Waals surface area (Å²) in [5.41, 5.74) is -0.136. The molecule has 1 amide bonds. The van der Waals surface area contributed by atoms with Gasteiger partial charge in [0.1, 0.15) is 0 Å². The molecule has 0 aromatic heterocycles. The van der Waals surface area contributed by atoms with Crippen LogP contribution in [0.1, 0.15) is 52.4 Å². The van der Waals surface area contributed by atoms with Gasteiger partial charge in [0.15, 0.2) is 0 Å². The van der Waals surface area contributed by atoms with Crippen molar-refractivity contribution in [3.8, 4) is 0 Å². The predicted molar refractivity (Wildman–Crippen MR) is 74.3 cm³/mol. The molecule has 3 nitrogen and oxygen atoms in total. The van der Waals surface area contributed by atoms with Gasteiger partial charge < -0.3 is 10.6 Å². The Labute approximate surface area is 111 Å². The molecule has 3 heteroatoms. The van der Waals surface area contributed by atoms with Gasteiger partial charge in [0.05, 0.1) is 5.41 Å². The molecule has 2 aliphatic rings. The van der Waals surface area contributed by atoms with Crippen molar-refractivity contribution in [3.63, 3.8) is 0 Å². The van der Waals surface area contributed by atoms with Crippen molar-refractivity contribution in [2.75, 3.05) is 19.6 Å². The lowest BCUT2D eigenvalue weighted by atomic mass is 9.77. The van der Waals surface area contributed by atoms with Gasteiger partial charge in [0, 0.05) is 13.1 Å². The van der Waals surface area contributed by atoms with Crippen LogP contribution in [0.25, 0.3) is 0 Å². The van der Waals surface area contributed by atoms with Gasteiger partial charge in [-0.25, -0.2) is 0 Å². The highest BCUT2D eigenvalue weighted by Crippen LogP contribution is 2.32. The third kappa shape index (κ3) is 3.05. The molecule has 2 N–H and O–H groups in total. The van der Waals surface area contributed by atoms with Crippen LogP contribution >= 0.6 is 0 Å². The summed E-state index contributed by atoms with van der Waals surface area (Å²) >= 11 is 0. The fraction of sp³-hybridized carbons (Fsp3) is 0.933. The number of piperidine rings is 1. The Morgan fingerprint density at radius 1 is 1.44 bits per heavy atom. The monoisotopic (exact) mass is 252 g/mol. The van der Waals surface area contributed by atoms with Crippen molar-refractivity contribution in [2.45, 2.75) is 52.4 Å². The third-order valence-electron chi connectivity index (χ3n) is 4.99. The van der Waals surface area contributed by atoms with Crippen LogP contribution in [0.3, 0.4) is 0 Å². The average Bonchev–Trinajstić information content (AvgIpc) is 2.82. The largest absolute Gasteiger partial charge is 0.355 e. The molecule has 2 fully saturated rings. The van der Waals surface area contributed by atoms with Crippen molar-refractivity contribution >= 4 is 5.91 Å². The number of carbonyl (C=O) groups is 1. The molecule has 0 aromatic rings. The van der Waals surface area contributed by atoms with Crippen molar-refractivity contribution in [2.24, 2.45) is 17.3 Å². The Morgan fingerprint density at radius 2 is 2.28 bits per heavy atom. The molecule has 1 heterocycles. The van der Waals surface area contributed by atoms with Crippen LogP contribution in [0, 0.1) is 17.3 Å². The second-order valence-electron chi connectivity index (χ2n) is 6.41. The maximum atomic E-state index is 12.4. The van der Waals surface area contributed by atoms with Crippen molar-refractivity contribution < 1.29 is 4.79 Å². The molecule has 0 spiro atoms. The molecule has 18 heavy (non-hydrogen) atoms. The van der Waals surface area contributed by atoms with Crippen LogP contribution in [0.2, 0.25) is 0 Å². The van der Waals surface area contributed by atoms with E-state index in [0.29, 0.717) is 0 Å². The zero-order valence-corrected chi connectivity index (χ0v) is 11.9. The minimum atomic E-state index is -0.136. The maximum absolute atomic E-state index is 12.4. The van der Waals surface area contributed by atoms with E-state index >= 15 is 0 Å². The molecule has 0 radical (unpaired) electrons. The quantitative estimate of drug-likeness (QED) is 0.806. The van der Waals surface area contributed by atoms with Crippen molar-refractivity contribution in [1.29, 1.82) is 0 Å². The van der Waals surface area contributed by atoms with Gasteiger partial charge in [0.2, 0.25) is 5.91 Å². The highest BCUT2D eigenvalue weighted by molar-refractivity contribution is 5.83. The second-order valence-corrected chi connectivity index (χ2v) is 6.41. The molecule has 3 unspecified atom stereocenters. The molecule has 0 aromatic carbocycles. The molecule has 104 valence electrons. The minimum absolute atomic E-state index is 0.136. The second kappa shape index (κ2) is 6.05. The first-order valence-corrected chi connectivity index (χ1v) is 7.65. The van der Waals surface area contributed by atoms with E-state index in [-0.39, 0.29) is 11.3 Å². The van der Waals surface area contributed by atoms with Crippen LogP contribution in [-0.2, 0) is 4.79 Å². The predicted octanol–water partition coefficient (Wildman–Crippen LogP) is 2.32. The third-order valence-corrected chi connectivity index (χ3v) is 4.99. The first-order valence-electron chi connectivity index (χ1n) is 7.65. The minimum Gasteiger partial charge on any atom is -0.355 e. The van der Waals surface area contributed by atoms with E-state index in [0.717, 1.165) is 50.7 Å². The molecule has 1 aliphatic carbocycles. The molecular weight excluding hydrogens is 224 g/mol. The van der Waals surface area contributed by atoms with Crippen LogP contribution < -0.4 is 10.6 Å². The van der Waals surface area contributed by atoms with Crippen LogP contribution in [-0.4, -0.2) is 25.5 Å². The number of carbonyl (C=O) groups excluding carboxylic acids is 1. The first-order chi connectivity index (χ1) is 8.66. The molecule has 0 bridgehead atoms. The maximum Gasteiger partial charge on any atom is 0.227 e. The standard InChI is InChI=1S/C15H28N2O/c1-3-15(7-4-8-16-11-15)14(18)17-10-13-6-5-12(2)9-13/h12-13,16H,3-11H2,1-2H3,(H,17,18). The molecular formula is C15H28N2O. The highest BCUT2D eigenvalue weighted by atomic mass is 16.2. The van der Waals surface area contributed by atoms with Gasteiger partial charge in [-0.2, -0.15) is 0 Å².